The number of benzene rings is 1. The van der Waals surface area contributed by atoms with E-state index in [1.54, 1.807) is 0 Å². The topological polar surface area (TPSA) is 64.3 Å². The van der Waals surface area contributed by atoms with Gasteiger partial charge in [0.1, 0.15) is 5.75 Å². The van der Waals surface area contributed by atoms with Crippen molar-refractivity contribution >= 4 is 11.6 Å². The number of nitrogens with two attached hydrogens (primary N) is 1. The summed E-state index contributed by atoms with van der Waals surface area (Å²) in [6.07, 6.45) is 1.37. The summed E-state index contributed by atoms with van der Waals surface area (Å²) in [5, 5.41) is 2.87. The van der Waals surface area contributed by atoms with E-state index >= 15 is 0 Å². The van der Waals surface area contributed by atoms with Crippen LogP contribution >= 0.6 is 0 Å². The van der Waals surface area contributed by atoms with E-state index in [1.807, 2.05) is 38.1 Å². The summed E-state index contributed by atoms with van der Waals surface area (Å²) in [6, 6.07) is 7.47. The summed E-state index contributed by atoms with van der Waals surface area (Å²) in [7, 11) is 0. The van der Waals surface area contributed by atoms with Crippen LogP contribution in [0.25, 0.3) is 0 Å². The number of anilines is 1. The van der Waals surface area contributed by atoms with E-state index < -0.39 is 0 Å². The minimum absolute atomic E-state index is 0.0273. The van der Waals surface area contributed by atoms with Crippen molar-refractivity contribution in [3.8, 4) is 5.75 Å². The van der Waals surface area contributed by atoms with E-state index in [0.29, 0.717) is 25.3 Å². The number of ether oxygens (including phenoxy) is 1. The Morgan fingerprint density at radius 3 is 2.83 bits per heavy atom. The van der Waals surface area contributed by atoms with Crippen LogP contribution in [-0.2, 0) is 4.79 Å². The zero-order chi connectivity index (χ0) is 13.4. The molecule has 0 aromatic heterocycles. The smallest absolute Gasteiger partial charge is 0.224 e. The van der Waals surface area contributed by atoms with Gasteiger partial charge in [-0.05, 0) is 31.0 Å². The fourth-order valence-electron chi connectivity index (χ4n) is 1.51. The highest BCUT2D eigenvalue weighted by molar-refractivity contribution is 5.92. The third-order valence-electron chi connectivity index (χ3n) is 2.56. The van der Waals surface area contributed by atoms with Crippen molar-refractivity contribution in [3.63, 3.8) is 0 Å². The number of hydrogen-bond acceptors (Lipinski definition) is 3. The number of carbonyl (C=O) groups is 1. The molecule has 100 valence electrons. The molecule has 4 heteroatoms. The van der Waals surface area contributed by atoms with Crippen LogP contribution in [0.3, 0.4) is 0 Å². The summed E-state index contributed by atoms with van der Waals surface area (Å²) in [5.74, 6) is 0.877. The normalized spacial score (nSPS) is 11.9. The zero-order valence-electron chi connectivity index (χ0n) is 11.1. The van der Waals surface area contributed by atoms with Crippen LogP contribution in [0.5, 0.6) is 5.75 Å². The predicted octanol–water partition coefficient (Wildman–Crippen LogP) is 2.40. The molecule has 1 aromatic carbocycles. The molecule has 0 spiro atoms. The molecule has 0 saturated carbocycles. The van der Waals surface area contributed by atoms with Gasteiger partial charge in [0, 0.05) is 6.42 Å². The molecule has 0 aliphatic heterocycles. The Morgan fingerprint density at radius 1 is 1.44 bits per heavy atom. The van der Waals surface area contributed by atoms with Gasteiger partial charge >= 0.3 is 0 Å². The Hall–Kier alpha value is -1.55. The van der Waals surface area contributed by atoms with Crippen molar-refractivity contribution < 1.29 is 9.53 Å². The molecule has 0 saturated heterocycles. The maximum absolute atomic E-state index is 11.8. The van der Waals surface area contributed by atoms with Crippen LogP contribution in [0.1, 0.15) is 26.7 Å². The fourth-order valence-corrected chi connectivity index (χ4v) is 1.51. The zero-order valence-corrected chi connectivity index (χ0v) is 11.1. The summed E-state index contributed by atoms with van der Waals surface area (Å²) < 4.78 is 5.58. The second kappa shape index (κ2) is 7.71. The van der Waals surface area contributed by atoms with Gasteiger partial charge < -0.3 is 15.8 Å². The molecule has 0 radical (unpaired) electrons. The second-order valence-corrected chi connectivity index (χ2v) is 4.44. The maximum atomic E-state index is 11.8. The lowest BCUT2D eigenvalue weighted by Crippen LogP contribution is -2.20. The Labute approximate surface area is 109 Å². The molecule has 0 heterocycles. The molecular weight excluding hydrogens is 228 g/mol. The van der Waals surface area contributed by atoms with Crippen molar-refractivity contribution in [1.29, 1.82) is 0 Å². The predicted molar refractivity (Wildman–Crippen MR) is 73.7 cm³/mol. The minimum atomic E-state index is -0.0273. The first-order valence-electron chi connectivity index (χ1n) is 6.39. The van der Waals surface area contributed by atoms with Crippen LogP contribution in [0.4, 0.5) is 5.69 Å². The highest BCUT2D eigenvalue weighted by atomic mass is 16.5. The molecule has 1 aromatic rings. The third kappa shape index (κ3) is 4.75. The molecule has 1 rings (SSSR count). The molecule has 18 heavy (non-hydrogen) atoms. The van der Waals surface area contributed by atoms with Gasteiger partial charge in [-0.1, -0.05) is 26.0 Å². The third-order valence-corrected chi connectivity index (χ3v) is 2.56. The van der Waals surface area contributed by atoms with Crippen LogP contribution in [0, 0.1) is 5.92 Å². The average molecular weight is 250 g/mol. The quantitative estimate of drug-likeness (QED) is 0.781. The summed E-state index contributed by atoms with van der Waals surface area (Å²) in [6.45, 7) is 5.16. The van der Waals surface area contributed by atoms with Gasteiger partial charge in [-0.15, -0.1) is 0 Å². The van der Waals surface area contributed by atoms with Crippen LogP contribution in [0.2, 0.25) is 0 Å². The standard InChI is InChI=1S/C14H22N2O2/c1-3-8-18-13-7-5-4-6-12(13)16-14(17)9-11(2)10-15/h4-7,11H,3,8-10,15H2,1-2H3,(H,16,17). The minimum Gasteiger partial charge on any atom is -0.491 e. The highest BCUT2D eigenvalue weighted by Gasteiger charge is 2.10. The first-order valence-corrected chi connectivity index (χ1v) is 6.39. The number of nitrogens with one attached hydrogen (secondary N) is 1. The van der Waals surface area contributed by atoms with Gasteiger partial charge in [0.05, 0.1) is 12.3 Å². The molecule has 0 aliphatic carbocycles. The molecule has 0 fully saturated rings. The summed E-state index contributed by atoms with van der Waals surface area (Å²) in [4.78, 5) is 11.8. The van der Waals surface area contributed by atoms with Crippen molar-refractivity contribution in [3.05, 3.63) is 24.3 Å². The molecule has 1 atom stereocenters. The average Bonchev–Trinajstić information content (AvgIpc) is 2.37. The molecule has 3 N–H and O–H groups in total. The van der Waals surface area contributed by atoms with Crippen LogP contribution < -0.4 is 15.8 Å². The monoisotopic (exact) mass is 250 g/mol. The summed E-state index contributed by atoms with van der Waals surface area (Å²) in [5.41, 5.74) is 6.23. The molecule has 4 nitrogen and oxygen atoms in total. The van der Waals surface area contributed by atoms with Crippen LogP contribution in [0.15, 0.2) is 24.3 Å². The van der Waals surface area contributed by atoms with Gasteiger partial charge in [-0.3, -0.25) is 4.79 Å². The highest BCUT2D eigenvalue weighted by Crippen LogP contribution is 2.24. The van der Waals surface area contributed by atoms with Crippen molar-refractivity contribution in [2.45, 2.75) is 26.7 Å². The van der Waals surface area contributed by atoms with E-state index in [9.17, 15) is 4.79 Å². The van der Waals surface area contributed by atoms with Gasteiger partial charge in [-0.2, -0.15) is 0 Å². The summed E-state index contributed by atoms with van der Waals surface area (Å²) >= 11 is 0. The fraction of sp³-hybridized carbons (Fsp3) is 0.500. The van der Waals surface area contributed by atoms with Crippen molar-refractivity contribution in [1.82, 2.24) is 0 Å². The van der Waals surface area contributed by atoms with Crippen LogP contribution in [-0.4, -0.2) is 19.1 Å². The first-order chi connectivity index (χ1) is 8.67. The number of para-hydroxylation sites is 2. The SMILES string of the molecule is CCCOc1ccccc1NC(=O)CC(C)CN. The van der Waals surface area contributed by atoms with Gasteiger partial charge in [0.2, 0.25) is 5.91 Å². The number of rotatable bonds is 7. The molecule has 0 aliphatic rings. The first kappa shape index (κ1) is 14.5. The second-order valence-electron chi connectivity index (χ2n) is 4.44. The van der Waals surface area contributed by atoms with Gasteiger partial charge in [0.25, 0.3) is 0 Å². The lowest BCUT2D eigenvalue weighted by molar-refractivity contribution is -0.116. The van der Waals surface area contributed by atoms with Gasteiger partial charge in [-0.25, -0.2) is 0 Å². The maximum Gasteiger partial charge on any atom is 0.224 e. The molecule has 1 unspecified atom stereocenters. The van der Waals surface area contributed by atoms with Crippen molar-refractivity contribution in [2.24, 2.45) is 11.7 Å². The largest absolute Gasteiger partial charge is 0.491 e. The molecule has 1 amide bonds. The van der Waals surface area contributed by atoms with Crippen molar-refractivity contribution in [2.75, 3.05) is 18.5 Å². The van der Waals surface area contributed by atoms with Gasteiger partial charge in [0.15, 0.2) is 0 Å². The Kier molecular flexibility index (Phi) is 6.22. The van der Waals surface area contributed by atoms with E-state index in [0.717, 1.165) is 12.1 Å². The van der Waals surface area contributed by atoms with E-state index in [-0.39, 0.29) is 11.8 Å². The Morgan fingerprint density at radius 2 is 2.17 bits per heavy atom. The Balaban J connectivity index is 2.62. The Bertz CT molecular complexity index is 380. The number of hydrogen-bond donors (Lipinski definition) is 2. The lowest BCUT2D eigenvalue weighted by atomic mass is 10.1. The lowest BCUT2D eigenvalue weighted by Gasteiger charge is -2.13. The number of carbonyl (C=O) groups excluding carboxylic acids is 1. The van der Waals surface area contributed by atoms with E-state index in [2.05, 4.69) is 5.32 Å². The van der Waals surface area contributed by atoms with E-state index in [4.69, 9.17) is 10.5 Å². The van der Waals surface area contributed by atoms with E-state index in [1.165, 1.54) is 0 Å². The molecular formula is C14H22N2O2. The number of amides is 1. The molecule has 0 bridgehead atoms.